The Morgan fingerprint density at radius 1 is 1.77 bits per heavy atom. The van der Waals surface area contributed by atoms with Crippen molar-refractivity contribution in [1.29, 1.82) is 0 Å². The summed E-state index contributed by atoms with van der Waals surface area (Å²) >= 11 is 5.16. The zero-order valence-electron chi connectivity index (χ0n) is 7.10. The van der Waals surface area contributed by atoms with Gasteiger partial charge in [-0.3, -0.25) is 0 Å². The maximum atomic E-state index is 11.1. The van der Waals surface area contributed by atoms with E-state index in [-0.39, 0.29) is 6.07 Å². The first kappa shape index (κ1) is 10.3. The Labute approximate surface area is 80.9 Å². The highest BCUT2D eigenvalue weighted by Gasteiger charge is 2.23. The summed E-state index contributed by atoms with van der Waals surface area (Å²) in [7, 11) is 0. The van der Waals surface area contributed by atoms with Crippen LogP contribution in [0.15, 0.2) is 5.28 Å². The summed E-state index contributed by atoms with van der Waals surface area (Å²) in [5.74, 6) is 0. The van der Waals surface area contributed by atoms with Gasteiger partial charge in [-0.2, -0.15) is 0 Å². The van der Waals surface area contributed by atoms with Gasteiger partial charge in [-0.25, -0.2) is 0 Å². The van der Waals surface area contributed by atoms with Crippen LogP contribution >= 0.6 is 11.6 Å². The van der Waals surface area contributed by atoms with Crippen molar-refractivity contribution in [3.05, 3.63) is 5.21 Å². The molecular weight excluding hydrogens is 198 g/mol. The molecule has 1 saturated heterocycles. The van der Waals surface area contributed by atoms with E-state index in [9.17, 15) is 10.3 Å². The molecule has 1 heterocycles. The van der Waals surface area contributed by atoms with Gasteiger partial charge >= 0.3 is 0 Å². The van der Waals surface area contributed by atoms with E-state index in [0.717, 1.165) is 12.8 Å². The van der Waals surface area contributed by atoms with Gasteiger partial charge in [-0.05, 0) is 12.8 Å². The Balaban J connectivity index is 2.40. The second-order valence-corrected chi connectivity index (χ2v) is 3.00. The summed E-state index contributed by atoms with van der Waals surface area (Å²) in [5, 5.41) is 24.8. The molecule has 1 unspecified atom stereocenters. The molecule has 1 atom stereocenters. The zero-order valence-corrected chi connectivity index (χ0v) is 7.85. The van der Waals surface area contributed by atoms with Crippen LogP contribution in [0.25, 0.3) is 0 Å². The number of hydrogen-bond acceptors (Lipinski definition) is 4. The molecule has 0 bridgehead atoms. The minimum atomic E-state index is -0.462. The minimum absolute atomic E-state index is 0.158. The minimum Gasteiger partial charge on any atom is -0.569 e. The molecule has 0 aliphatic carbocycles. The summed E-state index contributed by atoms with van der Waals surface area (Å²) in [6.45, 7) is 0.869. The molecule has 0 saturated carbocycles. The van der Waals surface area contributed by atoms with Crippen LogP contribution in [0, 0.1) is 5.21 Å². The highest BCUT2D eigenvalue weighted by atomic mass is 35.5. The van der Waals surface area contributed by atoms with Crippen molar-refractivity contribution < 1.29 is 14.9 Å². The van der Waals surface area contributed by atoms with E-state index in [1.807, 2.05) is 0 Å². The van der Waals surface area contributed by atoms with Crippen LogP contribution in [-0.4, -0.2) is 40.3 Å². The Morgan fingerprint density at radius 2 is 2.54 bits per heavy atom. The lowest BCUT2D eigenvalue weighted by atomic mass is 10.1. The highest BCUT2D eigenvalue weighted by molar-refractivity contribution is 6.17. The number of piperidine rings is 1. The van der Waals surface area contributed by atoms with Crippen LogP contribution in [0.5, 0.6) is 0 Å². The normalized spacial score (nSPS) is 24.6. The Morgan fingerprint density at radius 3 is 3.15 bits per heavy atom. The Kier molecular flexibility index (Phi) is 4.04. The fraction of sp³-hybridized carbons (Fsp3) is 1.00. The quantitative estimate of drug-likeness (QED) is 0.317. The molecule has 1 N–H and O–H groups in total. The van der Waals surface area contributed by atoms with E-state index >= 15 is 0 Å². The van der Waals surface area contributed by atoms with Crippen molar-refractivity contribution in [1.82, 2.24) is 5.01 Å². The van der Waals surface area contributed by atoms with Gasteiger partial charge in [0.1, 0.15) is 6.54 Å². The summed E-state index contributed by atoms with van der Waals surface area (Å²) < 4.78 is 0. The standard InChI is InChI=1S/C6H12ClN3O3/c7-5-13-8-10(12)9-3-1-2-6(11)4-9/h6,11H,1-5H2/b10-8-. The number of hydrogen-bond donors (Lipinski definition) is 1. The van der Waals surface area contributed by atoms with Gasteiger partial charge in [-0.15, -0.1) is 5.01 Å². The van der Waals surface area contributed by atoms with E-state index < -0.39 is 6.10 Å². The lowest BCUT2D eigenvalue weighted by molar-refractivity contribution is -0.713. The number of hydrazine groups is 1. The molecule has 13 heavy (non-hydrogen) atoms. The summed E-state index contributed by atoms with van der Waals surface area (Å²) in [6.07, 6.45) is 1.04. The third kappa shape index (κ3) is 3.23. The number of alkyl halides is 1. The number of halogens is 1. The second kappa shape index (κ2) is 5.08. The molecule has 0 amide bonds. The smallest absolute Gasteiger partial charge is 0.234 e. The predicted molar refractivity (Wildman–Crippen MR) is 44.7 cm³/mol. The number of aliphatic hydroxyl groups is 1. The molecule has 1 aliphatic heterocycles. The van der Waals surface area contributed by atoms with Crippen molar-refractivity contribution in [2.24, 2.45) is 5.28 Å². The van der Waals surface area contributed by atoms with E-state index in [4.69, 9.17) is 11.6 Å². The van der Waals surface area contributed by atoms with Gasteiger partial charge in [0.2, 0.25) is 5.28 Å². The largest absolute Gasteiger partial charge is 0.569 e. The molecule has 6 nitrogen and oxygen atoms in total. The number of β-amino-alcohol motifs (C(OH)–C–C–N with tert-alkyl or cyclic N) is 1. The van der Waals surface area contributed by atoms with Crippen LogP contribution in [-0.2, 0) is 4.84 Å². The zero-order chi connectivity index (χ0) is 9.68. The molecule has 1 aliphatic rings. The maximum absolute atomic E-state index is 11.1. The van der Waals surface area contributed by atoms with Crippen LogP contribution in [0.1, 0.15) is 12.8 Å². The topological polar surface area (TPSA) is 71.1 Å². The molecule has 0 aromatic heterocycles. The summed E-state index contributed by atoms with van der Waals surface area (Å²) in [4.78, 5) is 4.69. The van der Waals surface area contributed by atoms with Gasteiger partial charge in [0.05, 0.1) is 17.6 Å². The maximum Gasteiger partial charge on any atom is 0.234 e. The molecule has 0 aromatic rings. The van der Waals surface area contributed by atoms with E-state index in [1.54, 1.807) is 0 Å². The first-order valence-corrected chi connectivity index (χ1v) is 4.56. The lowest BCUT2D eigenvalue weighted by Crippen LogP contribution is -2.42. The van der Waals surface area contributed by atoms with Gasteiger partial charge in [0, 0.05) is 0 Å². The average molecular weight is 210 g/mol. The molecule has 0 aromatic carbocycles. The Hall–Kier alpha value is -0.750. The van der Waals surface area contributed by atoms with Crippen LogP contribution < -0.4 is 0 Å². The molecule has 0 radical (unpaired) electrons. The van der Waals surface area contributed by atoms with Crippen LogP contribution in [0.3, 0.4) is 0 Å². The molecule has 0 spiro atoms. The summed E-state index contributed by atoms with van der Waals surface area (Å²) in [5.41, 5.74) is 0. The van der Waals surface area contributed by atoms with Crippen LogP contribution in [0.2, 0.25) is 0 Å². The average Bonchev–Trinajstić information content (AvgIpc) is 2.14. The first-order valence-electron chi connectivity index (χ1n) is 4.03. The molecule has 1 fully saturated rings. The first-order chi connectivity index (χ1) is 6.24. The molecule has 1 rings (SSSR count). The van der Waals surface area contributed by atoms with Gasteiger partial charge < -0.3 is 15.2 Å². The van der Waals surface area contributed by atoms with E-state index in [0.29, 0.717) is 18.1 Å². The monoisotopic (exact) mass is 209 g/mol. The number of nitrogens with zero attached hydrogens (tertiary/aromatic N) is 3. The molecule has 7 heteroatoms. The number of rotatable bonds is 3. The van der Waals surface area contributed by atoms with Crippen molar-refractivity contribution in [2.75, 3.05) is 19.2 Å². The van der Waals surface area contributed by atoms with Gasteiger partial charge in [0.25, 0.3) is 0 Å². The van der Waals surface area contributed by atoms with E-state index in [1.165, 1.54) is 5.01 Å². The van der Waals surface area contributed by atoms with Crippen molar-refractivity contribution >= 4 is 11.6 Å². The fourth-order valence-corrected chi connectivity index (χ4v) is 1.26. The number of aliphatic hydroxyl groups excluding tert-OH is 1. The second-order valence-electron chi connectivity index (χ2n) is 2.78. The van der Waals surface area contributed by atoms with Crippen LogP contribution in [0.4, 0.5) is 0 Å². The third-order valence-corrected chi connectivity index (χ3v) is 1.89. The van der Waals surface area contributed by atoms with Crippen molar-refractivity contribution in [3.8, 4) is 0 Å². The predicted octanol–water partition coefficient (Wildman–Crippen LogP) is 0.449. The highest BCUT2D eigenvalue weighted by Crippen LogP contribution is 2.09. The van der Waals surface area contributed by atoms with Gasteiger partial charge in [0.15, 0.2) is 6.07 Å². The third-order valence-electron chi connectivity index (χ3n) is 1.79. The van der Waals surface area contributed by atoms with Crippen molar-refractivity contribution in [3.63, 3.8) is 0 Å². The fourth-order valence-electron chi connectivity index (χ4n) is 1.21. The molecule has 76 valence electrons. The lowest BCUT2D eigenvalue weighted by Gasteiger charge is -2.25. The summed E-state index contributed by atoms with van der Waals surface area (Å²) in [6, 6.07) is -0.158. The Bertz CT molecular complexity index is 190. The van der Waals surface area contributed by atoms with Gasteiger partial charge in [-0.1, -0.05) is 11.6 Å². The molecular formula is C6H12ClN3O3. The van der Waals surface area contributed by atoms with Crippen molar-refractivity contribution in [2.45, 2.75) is 18.9 Å². The SMILES string of the molecule is [O-]/[N+](=N\OCCl)N1CCCC(O)C1. The van der Waals surface area contributed by atoms with E-state index in [2.05, 4.69) is 10.1 Å².